The van der Waals surface area contributed by atoms with Gasteiger partial charge in [0.25, 0.3) is 5.91 Å². The molecule has 0 unspecified atom stereocenters. The maximum atomic E-state index is 12.5. The number of nitrogens with zero attached hydrogens (tertiary/aromatic N) is 4. The Labute approximate surface area is 163 Å². The Morgan fingerprint density at radius 1 is 1.14 bits per heavy atom. The van der Waals surface area contributed by atoms with Gasteiger partial charge in [0.15, 0.2) is 23.0 Å². The molecule has 4 heterocycles. The van der Waals surface area contributed by atoms with Gasteiger partial charge in [-0.1, -0.05) is 18.2 Å². The number of amides is 1. The predicted molar refractivity (Wildman–Crippen MR) is 102 cm³/mol. The predicted octanol–water partition coefficient (Wildman–Crippen LogP) is 2.31. The Morgan fingerprint density at radius 3 is 2.89 bits per heavy atom. The van der Waals surface area contributed by atoms with E-state index in [0.29, 0.717) is 23.0 Å². The van der Waals surface area contributed by atoms with Crippen LogP contribution in [0, 0.1) is 0 Å². The standard InChI is InChI=1S/C19H15N5O3S/c25-19(15-11-26-13-4-1-2-5-14(13)27-15)20-10-18-22-21-17-8-7-12(23-24(17)18)16-6-3-9-28-16/h1-9,15H,10-11H2,(H,20,25)/t15-/m0/s1. The highest BCUT2D eigenvalue weighted by molar-refractivity contribution is 7.13. The van der Waals surface area contributed by atoms with E-state index < -0.39 is 6.10 Å². The molecule has 9 heteroatoms. The molecule has 140 valence electrons. The van der Waals surface area contributed by atoms with Crippen LogP contribution in [0.25, 0.3) is 16.2 Å². The number of aromatic nitrogens is 4. The van der Waals surface area contributed by atoms with Crippen LogP contribution in [-0.2, 0) is 11.3 Å². The Bertz CT molecular complexity index is 1140. The molecule has 1 aliphatic rings. The maximum Gasteiger partial charge on any atom is 0.265 e. The first kappa shape index (κ1) is 16.7. The second kappa shape index (κ2) is 6.93. The van der Waals surface area contributed by atoms with Crippen LogP contribution in [-0.4, -0.2) is 38.4 Å². The summed E-state index contributed by atoms with van der Waals surface area (Å²) in [5, 5.41) is 17.7. The highest BCUT2D eigenvalue weighted by Crippen LogP contribution is 2.30. The number of hydrogen-bond donors (Lipinski definition) is 1. The molecule has 1 aliphatic heterocycles. The molecule has 1 aromatic carbocycles. The van der Waals surface area contributed by atoms with E-state index in [4.69, 9.17) is 9.47 Å². The van der Waals surface area contributed by atoms with Gasteiger partial charge in [0.2, 0.25) is 6.10 Å². The summed E-state index contributed by atoms with van der Waals surface area (Å²) in [7, 11) is 0. The summed E-state index contributed by atoms with van der Waals surface area (Å²) in [5.74, 6) is 1.46. The average Bonchev–Trinajstić information content (AvgIpc) is 3.41. The molecule has 0 bridgehead atoms. The van der Waals surface area contributed by atoms with Crippen LogP contribution >= 0.6 is 11.3 Å². The zero-order valence-corrected chi connectivity index (χ0v) is 15.4. The number of thiophene rings is 1. The zero-order valence-electron chi connectivity index (χ0n) is 14.6. The molecule has 0 spiro atoms. The van der Waals surface area contributed by atoms with Gasteiger partial charge < -0.3 is 14.8 Å². The molecule has 4 aromatic rings. The fourth-order valence-electron chi connectivity index (χ4n) is 2.93. The summed E-state index contributed by atoms with van der Waals surface area (Å²) in [5.41, 5.74) is 1.45. The van der Waals surface area contributed by atoms with E-state index in [0.717, 1.165) is 10.6 Å². The molecule has 1 N–H and O–H groups in total. The highest BCUT2D eigenvalue weighted by Gasteiger charge is 2.27. The Kier molecular flexibility index (Phi) is 4.13. The molecule has 8 nitrogen and oxygen atoms in total. The van der Waals surface area contributed by atoms with Crippen molar-refractivity contribution in [3.05, 3.63) is 59.7 Å². The summed E-state index contributed by atoms with van der Waals surface area (Å²) in [6, 6.07) is 15.0. The number of fused-ring (bicyclic) bond motifs is 2. The minimum atomic E-state index is -0.719. The third kappa shape index (κ3) is 3.05. The quantitative estimate of drug-likeness (QED) is 0.572. The lowest BCUT2D eigenvalue weighted by Crippen LogP contribution is -2.43. The molecule has 0 saturated carbocycles. The van der Waals surface area contributed by atoms with Crippen LogP contribution in [0.15, 0.2) is 53.9 Å². The smallest absolute Gasteiger partial charge is 0.265 e. The summed E-state index contributed by atoms with van der Waals surface area (Å²) < 4.78 is 13.0. The van der Waals surface area contributed by atoms with Gasteiger partial charge in [0.05, 0.1) is 11.4 Å². The Hall–Kier alpha value is -3.46. The van der Waals surface area contributed by atoms with Crippen LogP contribution in [0.3, 0.4) is 0 Å². The topological polar surface area (TPSA) is 90.6 Å². The maximum absolute atomic E-state index is 12.5. The van der Waals surface area contributed by atoms with Crippen LogP contribution < -0.4 is 14.8 Å². The number of nitrogens with one attached hydrogen (secondary N) is 1. The van der Waals surface area contributed by atoms with Crippen molar-refractivity contribution in [1.29, 1.82) is 0 Å². The van der Waals surface area contributed by atoms with E-state index in [2.05, 4.69) is 20.6 Å². The van der Waals surface area contributed by atoms with Gasteiger partial charge in [0.1, 0.15) is 12.3 Å². The zero-order chi connectivity index (χ0) is 18.9. The molecular weight excluding hydrogens is 378 g/mol. The first-order valence-electron chi connectivity index (χ1n) is 8.69. The summed E-state index contributed by atoms with van der Waals surface area (Å²) in [6.07, 6.45) is -0.719. The van der Waals surface area contributed by atoms with Gasteiger partial charge in [0, 0.05) is 0 Å². The van der Waals surface area contributed by atoms with Crippen molar-refractivity contribution in [3.8, 4) is 22.1 Å². The van der Waals surface area contributed by atoms with Crippen molar-refractivity contribution in [2.24, 2.45) is 0 Å². The van der Waals surface area contributed by atoms with Gasteiger partial charge in [-0.2, -0.15) is 9.61 Å². The molecule has 1 atom stereocenters. The van der Waals surface area contributed by atoms with Gasteiger partial charge in [-0.15, -0.1) is 21.5 Å². The molecule has 3 aromatic heterocycles. The van der Waals surface area contributed by atoms with E-state index >= 15 is 0 Å². The molecule has 1 amide bonds. The third-order valence-corrected chi connectivity index (χ3v) is 5.22. The summed E-state index contributed by atoms with van der Waals surface area (Å²) in [6.45, 7) is 0.340. The fourth-order valence-corrected chi connectivity index (χ4v) is 3.62. The third-order valence-electron chi connectivity index (χ3n) is 4.32. The number of carbonyl (C=O) groups excluding carboxylic acids is 1. The van der Waals surface area contributed by atoms with Gasteiger partial charge in [-0.05, 0) is 35.7 Å². The van der Waals surface area contributed by atoms with Crippen molar-refractivity contribution >= 4 is 22.9 Å². The summed E-state index contributed by atoms with van der Waals surface area (Å²) >= 11 is 1.61. The first-order chi connectivity index (χ1) is 13.8. The van der Waals surface area contributed by atoms with Crippen LogP contribution in [0.5, 0.6) is 11.5 Å². The minimum Gasteiger partial charge on any atom is -0.485 e. The van der Waals surface area contributed by atoms with E-state index in [1.807, 2.05) is 47.8 Å². The molecule has 5 rings (SSSR count). The lowest BCUT2D eigenvalue weighted by Gasteiger charge is -2.25. The van der Waals surface area contributed by atoms with Gasteiger partial charge in [-0.3, -0.25) is 4.79 Å². The monoisotopic (exact) mass is 393 g/mol. The van der Waals surface area contributed by atoms with Crippen LogP contribution in [0.1, 0.15) is 5.82 Å². The van der Waals surface area contributed by atoms with Crippen molar-refractivity contribution in [3.63, 3.8) is 0 Å². The normalized spacial score (nSPS) is 15.5. The lowest BCUT2D eigenvalue weighted by molar-refractivity contribution is -0.130. The lowest BCUT2D eigenvalue weighted by atomic mass is 10.2. The molecule has 0 fully saturated rings. The first-order valence-corrected chi connectivity index (χ1v) is 9.57. The van der Waals surface area contributed by atoms with Crippen molar-refractivity contribution < 1.29 is 14.3 Å². The van der Waals surface area contributed by atoms with Crippen molar-refractivity contribution in [2.75, 3.05) is 6.61 Å². The van der Waals surface area contributed by atoms with E-state index in [-0.39, 0.29) is 19.1 Å². The van der Waals surface area contributed by atoms with E-state index in [9.17, 15) is 4.79 Å². The molecular formula is C19H15N5O3S. The molecule has 0 saturated heterocycles. The fraction of sp³-hybridized carbons (Fsp3) is 0.158. The number of rotatable bonds is 4. The largest absolute Gasteiger partial charge is 0.485 e. The number of para-hydroxylation sites is 2. The van der Waals surface area contributed by atoms with E-state index in [1.165, 1.54) is 0 Å². The SMILES string of the molecule is O=C(NCc1nnc2ccc(-c3cccs3)nn12)[C@@H]1COc2ccccc2O1. The number of hydrogen-bond acceptors (Lipinski definition) is 7. The molecule has 0 aliphatic carbocycles. The Balaban J connectivity index is 1.31. The van der Waals surface area contributed by atoms with Crippen LogP contribution in [0.4, 0.5) is 0 Å². The van der Waals surface area contributed by atoms with E-state index in [1.54, 1.807) is 21.9 Å². The summed E-state index contributed by atoms with van der Waals surface area (Å²) in [4.78, 5) is 13.6. The number of benzene rings is 1. The minimum absolute atomic E-state index is 0.157. The van der Waals surface area contributed by atoms with Crippen molar-refractivity contribution in [2.45, 2.75) is 12.6 Å². The molecule has 0 radical (unpaired) electrons. The van der Waals surface area contributed by atoms with Crippen molar-refractivity contribution in [1.82, 2.24) is 25.1 Å². The van der Waals surface area contributed by atoms with Crippen LogP contribution in [0.2, 0.25) is 0 Å². The second-order valence-electron chi connectivity index (χ2n) is 6.16. The second-order valence-corrected chi connectivity index (χ2v) is 7.11. The number of carbonyl (C=O) groups is 1. The van der Waals surface area contributed by atoms with Gasteiger partial charge in [-0.25, -0.2) is 0 Å². The highest BCUT2D eigenvalue weighted by atomic mass is 32.1. The number of ether oxygens (including phenoxy) is 2. The average molecular weight is 393 g/mol. The molecule has 28 heavy (non-hydrogen) atoms. The van der Waals surface area contributed by atoms with Gasteiger partial charge >= 0.3 is 0 Å². The Morgan fingerprint density at radius 2 is 2.04 bits per heavy atom.